The van der Waals surface area contributed by atoms with Crippen molar-refractivity contribution in [2.24, 2.45) is 0 Å². The van der Waals surface area contributed by atoms with Gasteiger partial charge in [0.2, 0.25) is 0 Å². The second kappa shape index (κ2) is 11.4. The molecule has 0 aliphatic carbocycles. The third-order valence-corrected chi connectivity index (χ3v) is 3.07. The lowest BCUT2D eigenvalue weighted by Crippen LogP contribution is -2.36. The van der Waals surface area contributed by atoms with Gasteiger partial charge in [0.05, 0.1) is 0 Å². The van der Waals surface area contributed by atoms with Crippen LogP contribution in [0.4, 0.5) is 0 Å². The zero-order valence-corrected chi connectivity index (χ0v) is 11.5. The minimum Gasteiger partial charge on any atom is -0.378 e. The summed E-state index contributed by atoms with van der Waals surface area (Å²) in [5.74, 6) is 0. The summed E-state index contributed by atoms with van der Waals surface area (Å²) in [6.07, 6.45) is 9.30. The molecule has 0 bridgehead atoms. The molecule has 1 atom stereocenters. The van der Waals surface area contributed by atoms with Gasteiger partial charge in [-0.1, -0.05) is 52.9 Å². The van der Waals surface area contributed by atoms with E-state index in [1.54, 1.807) is 0 Å². The van der Waals surface area contributed by atoms with Crippen LogP contribution in [-0.4, -0.2) is 29.3 Å². The third-order valence-electron chi connectivity index (χ3n) is 3.07. The van der Waals surface area contributed by atoms with Gasteiger partial charge in [0.15, 0.2) is 0 Å². The molecule has 0 radical (unpaired) electrons. The Morgan fingerprint density at radius 2 is 1.31 bits per heavy atom. The van der Waals surface area contributed by atoms with Crippen molar-refractivity contribution in [2.45, 2.75) is 78.4 Å². The van der Waals surface area contributed by atoms with Crippen LogP contribution in [0.2, 0.25) is 0 Å². The lowest BCUT2D eigenvalue weighted by molar-refractivity contribution is -0.00484. The molecule has 0 heterocycles. The normalized spacial score (nSPS) is 13.3. The van der Waals surface area contributed by atoms with Crippen molar-refractivity contribution in [3.8, 4) is 0 Å². The van der Waals surface area contributed by atoms with Crippen LogP contribution in [0.1, 0.15) is 72.1 Å². The highest BCUT2D eigenvalue weighted by Gasteiger charge is 2.13. The quantitative estimate of drug-likeness (QED) is 0.430. The molecule has 0 aliphatic rings. The Morgan fingerprint density at radius 3 is 1.69 bits per heavy atom. The van der Waals surface area contributed by atoms with E-state index in [4.69, 9.17) is 0 Å². The number of rotatable bonds is 11. The predicted molar refractivity (Wildman–Crippen MR) is 71.5 cm³/mol. The van der Waals surface area contributed by atoms with Crippen LogP contribution in [0, 0.1) is 0 Å². The highest BCUT2D eigenvalue weighted by molar-refractivity contribution is 4.62. The first-order chi connectivity index (χ1) is 7.76. The molecule has 0 rings (SSSR count). The van der Waals surface area contributed by atoms with Gasteiger partial charge in [-0.2, -0.15) is 0 Å². The first-order valence-corrected chi connectivity index (χ1v) is 7.18. The van der Waals surface area contributed by atoms with Crippen LogP contribution in [0.15, 0.2) is 0 Å². The number of aliphatic hydroxyl groups excluding tert-OH is 1. The maximum atomic E-state index is 10.0. The number of aliphatic hydroxyl groups is 1. The van der Waals surface area contributed by atoms with Crippen LogP contribution in [-0.2, 0) is 0 Å². The topological polar surface area (TPSA) is 23.5 Å². The summed E-state index contributed by atoms with van der Waals surface area (Å²) < 4.78 is 0. The average molecular weight is 229 g/mol. The van der Waals surface area contributed by atoms with Crippen molar-refractivity contribution in [1.82, 2.24) is 4.90 Å². The Kier molecular flexibility index (Phi) is 11.3. The fourth-order valence-electron chi connectivity index (χ4n) is 1.98. The van der Waals surface area contributed by atoms with E-state index in [1.807, 2.05) is 0 Å². The van der Waals surface area contributed by atoms with Crippen molar-refractivity contribution >= 4 is 0 Å². The van der Waals surface area contributed by atoms with E-state index in [9.17, 15) is 5.11 Å². The van der Waals surface area contributed by atoms with E-state index in [2.05, 4.69) is 25.7 Å². The molecule has 1 N–H and O–H groups in total. The molecule has 0 spiro atoms. The van der Waals surface area contributed by atoms with Gasteiger partial charge in [-0.25, -0.2) is 0 Å². The van der Waals surface area contributed by atoms with Crippen LogP contribution in [0.5, 0.6) is 0 Å². The summed E-state index contributed by atoms with van der Waals surface area (Å²) in [6.45, 7) is 8.73. The lowest BCUT2D eigenvalue weighted by Gasteiger charge is -2.27. The predicted octanol–water partition coefficient (Wildman–Crippen LogP) is 3.79. The number of hydrogen-bond acceptors (Lipinski definition) is 2. The van der Waals surface area contributed by atoms with E-state index in [-0.39, 0.29) is 6.23 Å². The van der Waals surface area contributed by atoms with Crippen LogP contribution < -0.4 is 0 Å². The highest BCUT2D eigenvalue weighted by atomic mass is 16.3. The van der Waals surface area contributed by atoms with Gasteiger partial charge in [0, 0.05) is 13.1 Å². The SMILES string of the molecule is CCCCCN(CCCCC)C(O)CCC. The van der Waals surface area contributed by atoms with E-state index in [0.717, 1.165) is 25.9 Å². The lowest BCUT2D eigenvalue weighted by atomic mass is 10.2. The second-order valence-electron chi connectivity index (χ2n) is 4.72. The summed E-state index contributed by atoms with van der Waals surface area (Å²) in [7, 11) is 0. The minimum atomic E-state index is -0.210. The summed E-state index contributed by atoms with van der Waals surface area (Å²) in [5, 5.41) is 10.0. The first-order valence-electron chi connectivity index (χ1n) is 7.18. The minimum absolute atomic E-state index is 0.210. The molecule has 0 saturated carbocycles. The molecule has 0 fully saturated rings. The van der Waals surface area contributed by atoms with Gasteiger partial charge in [0.1, 0.15) is 6.23 Å². The second-order valence-corrected chi connectivity index (χ2v) is 4.72. The number of nitrogens with zero attached hydrogens (tertiary/aromatic N) is 1. The van der Waals surface area contributed by atoms with Crippen LogP contribution >= 0.6 is 0 Å². The zero-order valence-electron chi connectivity index (χ0n) is 11.5. The average Bonchev–Trinajstić information content (AvgIpc) is 2.28. The van der Waals surface area contributed by atoms with E-state index in [1.165, 1.54) is 38.5 Å². The zero-order chi connectivity index (χ0) is 12.2. The molecule has 0 aromatic rings. The van der Waals surface area contributed by atoms with Crippen molar-refractivity contribution in [1.29, 1.82) is 0 Å². The molecule has 0 aromatic carbocycles. The molecule has 1 unspecified atom stereocenters. The Labute approximate surface area is 102 Å². The van der Waals surface area contributed by atoms with Gasteiger partial charge in [-0.15, -0.1) is 0 Å². The monoisotopic (exact) mass is 229 g/mol. The van der Waals surface area contributed by atoms with E-state index < -0.39 is 0 Å². The maximum Gasteiger partial charge on any atom is 0.107 e. The van der Waals surface area contributed by atoms with Crippen molar-refractivity contribution in [3.05, 3.63) is 0 Å². The van der Waals surface area contributed by atoms with Gasteiger partial charge in [-0.3, -0.25) is 4.90 Å². The number of unbranched alkanes of at least 4 members (excludes halogenated alkanes) is 4. The summed E-state index contributed by atoms with van der Waals surface area (Å²) in [4.78, 5) is 2.27. The van der Waals surface area contributed by atoms with Gasteiger partial charge in [-0.05, 0) is 19.3 Å². The van der Waals surface area contributed by atoms with Gasteiger partial charge >= 0.3 is 0 Å². The van der Waals surface area contributed by atoms with Gasteiger partial charge < -0.3 is 5.11 Å². The Morgan fingerprint density at radius 1 is 0.812 bits per heavy atom. The fraction of sp³-hybridized carbons (Fsp3) is 1.00. The largest absolute Gasteiger partial charge is 0.378 e. The Bertz CT molecular complexity index is 129. The molecule has 0 aliphatic heterocycles. The van der Waals surface area contributed by atoms with Crippen molar-refractivity contribution in [3.63, 3.8) is 0 Å². The smallest absolute Gasteiger partial charge is 0.107 e. The standard InChI is InChI=1S/C14H31NO/c1-4-7-9-12-15(13-10-8-5-2)14(16)11-6-3/h14,16H,4-13H2,1-3H3. The molecule has 2 nitrogen and oxygen atoms in total. The van der Waals surface area contributed by atoms with Crippen LogP contribution in [0.25, 0.3) is 0 Å². The molecule has 0 amide bonds. The summed E-state index contributed by atoms with van der Waals surface area (Å²) in [5.41, 5.74) is 0. The summed E-state index contributed by atoms with van der Waals surface area (Å²) >= 11 is 0. The van der Waals surface area contributed by atoms with Crippen LogP contribution in [0.3, 0.4) is 0 Å². The highest BCUT2D eigenvalue weighted by Crippen LogP contribution is 2.09. The van der Waals surface area contributed by atoms with E-state index in [0.29, 0.717) is 0 Å². The number of hydrogen-bond donors (Lipinski definition) is 1. The molecule has 0 aromatic heterocycles. The molecular formula is C14H31NO. The first kappa shape index (κ1) is 15.9. The Hall–Kier alpha value is -0.0800. The third kappa shape index (κ3) is 8.12. The van der Waals surface area contributed by atoms with E-state index >= 15 is 0 Å². The van der Waals surface area contributed by atoms with Gasteiger partial charge in [0.25, 0.3) is 0 Å². The van der Waals surface area contributed by atoms with Crippen molar-refractivity contribution in [2.75, 3.05) is 13.1 Å². The molecule has 98 valence electrons. The fourth-order valence-corrected chi connectivity index (χ4v) is 1.98. The molecular weight excluding hydrogens is 198 g/mol. The Balaban J connectivity index is 3.84. The van der Waals surface area contributed by atoms with Crippen molar-refractivity contribution < 1.29 is 5.11 Å². The summed E-state index contributed by atoms with van der Waals surface area (Å²) in [6, 6.07) is 0. The molecule has 16 heavy (non-hydrogen) atoms. The molecule has 0 saturated heterocycles. The maximum absolute atomic E-state index is 10.0. The molecule has 2 heteroatoms.